The van der Waals surface area contributed by atoms with E-state index in [1.54, 1.807) is 18.2 Å². The monoisotopic (exact) mass is 308 g/mol. The van der Waals surface area contributed by atoms with Gasteiger partial charge in [0.15, 0.2) is 0 Å². The molecule has 0 saturated carbocycles. The highest BCUT2D eigenvalue weighted by Gasteiger charge is 2.07. The van der Waals surface area contributed by atoms with Crippen LogP contribution in [0.4, 0.5) is 11.4 Å². The predicted octanol–water partition coefficient (Wildman–Crippen LogP) is 4.43. The third kappa shape index (κ3) is 4.15. The first-order chi connectivity index (χ1) is 9.66. The lowest BCUT2D eigenvalue weighted by atomic mass is 10.3. The second kappa shape index (κ2) is 7.17. The van der Waals surface area contributed by atoms with Gasteiger partial charge in [-0.1, -0.05) is 47.5 Å². The van der Waals surface area contributed by atoms with E-state index in [1.807, 2.05) is 30.3 Å². The molecule has 0 atom stereocenters. The van der Waals surface area contributed by atoms with Gasteiger partial charge < -0.3 is 10.6 Å². The van der Waals surface area contributed by atoms with Crippen LogP contribution >= 0.6 is 23.2 Å². The van der Waals surface area contributed by atoms with Crippen molar-refractivity contribution in [3.8, 4) is 0 Å². The Morgan fingerprint density at radius 1 is 1.00 bits per heavy atom. The molecule has 0 spiro atoms. The van der Waals surface area contributed by atoms with E-state index < -0.39 is 0 Å². The molecule has 5 heteroatoms. The number of halogens is 2. The van der Waals surface area contributed by atoms with Gasteiger partial charge in [0.1, 0.15) is 0 Å². The Labute approximate surface area is 127 Å². The quantitative estimate of drug-likeness (QED) is 0.857. The molecule has 0 aliphatic carbocycles. The first-order valence-corrected chi connectivity index (χ1v) is 6.95. The maximum Gasteiger partial charge on any atom is 0.226 e. The molecule has 20 heavy (non-hydrogen) atoms. The Morgan fingerprint density at radius 2 is 1.75 bits per heavy atom. The van der Waals surface area contributed by atoms with Crippen LogP contribution in [0.2, 0.25) is 10.0 Å². The SMILES string of the molecule is O=C(CCNc1ccccc1)Nc1cccc(Cl)c1Cl. The predicted molar refractivity (Wildman–Crippen MR) is 84.6 cm³/mol. The highest BCUT2D eigenvalue weighted by molar-refractivity contribution is 6.43. The third-order valence-electron chi connectivity index (χ3n) is 2.68. The van der Waals surface area contributed by atoms with Crippen LogP contribution in [0.5, 0.6) is 0 Å². The Morgan fingerprint density at radius 3 is 2.50 bits per heavy atom. The van der Waals surface area contributed by atoms with Crippen molar-refractivity contribution < 1.29 is 4.79 Å². The van der Waals surface area contributed by atoms with Gasteiger partial charge in [0, 0.05) is 18.7 Å². The van der Waals surface area contributed by atoms with Crippen LogP contribution in [-0.2, 0) is 4.79 Å². The van der Waals surface area contributed by atoms with Crippen LogP contribution in [0.25, 0.3) is 0 Å². The van der Waals surface area contributed by atoms with E-state index in [0.29, 0.717) is 28.7 Å². The number of carbonyl (C=O) groups is 1. The minimum atomic E-state index is -0.113. The van der Waals surface area contributed by atoms with Crippen molar-refractivity contribution in [1.29, 1.82) is 0 Å². The summed E-state index contributed by atoms with van der Waals surface area (Å²) in [5.41, 5.74) is 1.52. The highest BCUT2D eigenvalue weighted by atomic mass is 35.5. The zero-order valence-corrected chi connectivity index (χ0v) is 12.2. The molecule has 0 fully saturated rings. The fourth-order valence-electron chi connectivity index (χ4n) is 1.69. The Balaban J connectivity index is 1.82. The lowest BCUT2D eigenvalue weighted by molar-refractivity contribution is -0.115. The lowest BCUT2D eigenvalue weighted by Gasteiger charge is -2.09. The topological polar surface area (TPSA) is 41.1 Å². The van der Waals surface area contributed by atoms with Gasteiger partial charge in [-0.05, 0) is 24.3 Å². The first kappa shape index (κ1) is 14.7. The summed E-state index contributed by atoms with van der Waals surface area (Å²) in [6.07, 6.45) is 0.345. The summed E-state index contributed by atoms with van der Waals surface area (Å²) in [5.74, 6) is -0.113. The van der Waals surface area contributed by atoms with Gasteiger partial charge in [-0.2, -0.15) is 0 Å². The van der Waals surface area contributed by atoms with Crippen molar-refractivity contribution in [1.82, 2.24) is 0 Å². The molecule has 0 aliphatic rings. The van der Waals surface area contributed by atoms with Gasteiger partial charge >= 0.3 is 0 Å². The van der Waals surface area contributed by atoms with Crippen molar-refractivity contribution in [2.45, 2.75) is 6.42 Å². The van der Waals surface area contributed by atoms with Crippen molar-refractivity contribution in [2.75, 3.05) is 17.2 Å². The standard InChI is InChI=1S/C15H14Cl2N2O/c16-12-7-4-8-13(15(12)17)19-14(20)9-10-18-11-5-2-1-3-6-11/h1-8,18H,9-10H2,(H,19,20). The van der Waals surface area contributed by atoms with Crippen LogP contribution in [0.1, 0.15) is 6.42 Å². The van der Waals surface area contributed by atoms with Gasteiger partial charge in [0.05, 0.1) is 15.7 Å². The Kier molecular flexibility index (Phi) is 5.27. The second-order valence-electron chi connectivity index (χ2n) is 4.19. The third-order valence-corrected chi connectivity index (χ3v) is 3.50. The highest BCUT2D eigenvalue weighted by Crippen LogP contribution is 2.29. The Hall–Kier alpha value is -1.71. The fourth-order valence-corrected chi connectivity index (χ4v) is 2.04. The molecule has 3 nitrogen and oxygen atoms in total. The molecule has 2 aromatic carbocycles. The molecule has 2 rings (SSSR count). The molecule has 2 N–H and O–H groups in total. The summed E-state index contributed by atoms with van der Waals surface area (Å²) in [5, 5.41) is 6.69. The molecule has 0 bridgehead atoms. The van der Waals surface area contributed by atoms with Gasteiger partial charge in [-0.3, -0.25) is 4.79 Å². The molecule has 0 radical (unpaired) electrons. The molecule has 104 valence electrons. The van der Waals surface area contributed by atoms with Crippen molar-refractivity contribution >= 4 is 40.5 Å². The summed E-state index contributed by atoms with van der Waals surface area (Å²) < 4.78 is 0. The number of nitrogens with one attached hydrogen (secondary N) is 2. The summed E-state index contributed by atoms with van der Waals surface area (Å²) >= 11 is 11.9. The summed E-state index contributed by atoms with van der Waals surface area (Å²) in [6.45, 7) is 0.550. The number of amides is 1. The maximum absolute atomic E-state index is 11.8. The average molecular weight is 309 g/mol. The second-order valence-corrected chi connectivity index (χ2v) is 4.98. The lowest BCUT2D eigenvalue weighted by Crippen LogP contribution is -2.16. The molecule has 2 aromatic rings. The van der Waals surface area contributed by atoms with Crippen LogP contribution in [0.15, 0.2) is 48.5 Å². The molecule has 0 heterocycles. The van der Waals surface area contributed by atoms with Gasteiger partial charge in [-0.15, -0.1) is 0 Å². The summed E-state index contributed by atoms with van der Waals surface area (Å²) in [4.78, 5) is 11.8. The molecule has 0 aromatic heterocycles. The molecule has 0 aliphatic heterocycles. The Bertz CT molecular complexity index is 588. The van der Waals surface area contributed by atoms with E-state index in [1.165, 1.54) is 0 Å². The van der Waals surface area contributed by atoms with E-state index in [-0.39, 0.29) is 5.91 Å². The number of benzene rings is 2. The zero-order chi connectivity index (χ0) is 14.4. The molecule has 0 saturated heterocycles. The minimum Gasteiger partial charge on any atom is -0.385 e. The summed E-state index contributed by atoms with van der Waals surface area (Å²) in [6, 6.07) is 14.9. The van der Waals surface area contributed by atoms with Crippen molar-refractivity contribution in [3.63, 3.8) is 0 Å². The van der Waals surface area contributed by atoms with Gasteiger partial charge in [0.2, 0.25) is 5.91 Å². The van der Waals surface area contributed by atoms with E-state index in [4.69, 9.17) is 23.2 Å². The number of hydrogen-bond acceptors (Lipinski definition) is 2. The number of carbonyl (C=O) groups excluding carboxylic acids is 1. The molecular weight excluding hydrogens is 295 g/mol. The molecule has 0 unspecified atom stereocenters. The van der Waals surface area contributed by atoms with Gasteiger partial charge in [-0.25, -0.2) is 0 Å². The number of anilines is 2. The van der Waals surface area contributed by atoms with Crippen LogP contribution in [0, 0.1) is 0 Å². The largest absolute Gasteiger partial charge is 0.385 e. The normalized spacial score (nSPS) is 10.1. The zero-order valence-electron chi connectivity index (χ0n) is 10.7. The maximum atomic E-state index is 11.8. The van der Waals surface area contributed by atoms with Crippen molar-refractivity contribution in [2.24, 2.45) is 0 Å². The molecule has 1 amide bonds. The smallest absolute Gasteiger partial charge is 0.226 e. The van der Waals surface area contributed by atoms with Gasteiger partial charge in [0.25, 0.3) is 0 Å². The first-order valence-electron chi connectivity index (χ1n) is 6.19. The number of para-hydroxylation sites is 1. The number of hydrogen-bond donors (Lipinski definition) is 2. The average Bonchev–Trinajstić information content (AvgIpc) is 2.45. The summed E-state index contributed by atoms with van der Waals surface area (Å²) in [7, 11) is 0. The van der Waals surface area contributed by atoms with Crippen LogP contribution in [-0.4, -0.2) is 12.5 Å². The van der Waals surface area contributed by atoms with E-state index in [2.05, 4.69) is 10.6 Å². The fraction of sp³-hybridized carbons (Fsp3) is 0.133. The van der Waals surface area contributed by atoms with E-state index >= 15 is 0 Å². The number of rotatable bonds is 5. The molecular formula is C15H14Cl2N2O. The minimum absolute atomic E-state index is 0.113. The van der Waals surface area contributed by atoms with Crippen LogP contribution in [0.3, 0.4) is 0 Å². The van der Waals surface area contributed by atoms with E-state index in [0.717, 1.165) is 5.69 Å². The van der Waals surface area contributed by atoms with Crippen molar-refractivity contribution in [3.05, 3.63) is 58.6 Å². The van der Waals surface area contributed by atoms with Crippen LogP contribution < -0.4 is 10.6 Å². The van der Waals surface area contributed by atoms with E-state index in [9.17, 15) is 4.79 Å².